The van der Waals surface area contributed by atoms with Gasteiger partial charge in [0, 0.05) is 31.1 Å². The number of sulfonamides is 1. The Labute approximate surface area is 248 Å². The zero-order chi connectivity index (χ0) is 29.4. The number of benzene rings is 3. The fourth-order valence-corrected chi connectivity index (χ4v) is 6.64. The van der Waals surface area contributed by atoms with Gasteiger partial charge in [-0.3, -0.25) is 4.68 Å². The van der Waals surface area contributed by atoms with Crippen LogP contribution in [0.1, 0.15) is 60.7 Å². The van der Waals surface area contributed by atoms with Crippen LogP contribution in [0.15, 0.2) is 102 Å². The Morgan fingerprint density at radius 1 is 0.929 bits per heavy atom. The van der Waals surface area contributed by atoms with Crippen molar-refractivity contribution < 1.29 is 13.2 Å². The summed E-state index contributed by atoms with van der Waals surface area (Å²) in [6.45, 7) is 5.73. The molecule has 0 saturated carbocycles. The van der Waals surface area contributed by atoms with Crippen LogP contribution in [0.3, 0.4) is 0 Å². The fourth-order valence-electron chi connectivity index (χ4n) is 5.70. The van der Waals surface area contributed by atoms with Crippen molar-refractivity contribution >= 4 is 16.1 Å². The Bertz CT molecular complexity index is 1530. The molecule has 0 bridgehead atoms. The highest BCUT2D eigenvalue weighted by atomic mass is 32.2. The minimum absolute atomic E-state index is 0.0517. The first kappa shape index (κ1) is 29.5. The lowest BCUT2D eigenvalue weighted by Crippen LogP contribution is -2.42. The second-order valence-corrected chi connectivity index (χ2v) is 12.5. The van der Waals surface area contributed by atoms with Gasteiger partial charge < -0.3 is 10.2 Å². The Morgan fingerprint density at radius 3 is 2.19 bits per heavy atom. The van der Waals surface area contributed by atoms with Crippen molar-refractivity contribution in [3.8, 4) is 0 Å². The van der Waals surface area contributed by atoms with E-state index in [1.807, 2.05) is 36.4 Å². The minimum Gasteiger partial charge on any atom is -0.330 e. The molecule has 1 aliphatic heterocycles. The third kappa shape index (κ3) is 7.66. The number of carbonyl (C=O) groups is 1. The summed E-state index contributed by atoms with van der Waals surface area (Å²) >= 11 is 0. The molecule has 0 radical (unpaired) electrons. The first-order valence-electron chi connectivity index (χ1n) is 14.7. The van der Waals surface area contributed by atoms with Gasteiger partial charge in [-0.25, -0.2) is 17.9 Å². The van der Waals surface area contributed by atoms with Crippen molar-refractivity contribution in [2.75, 3.05) is 19.6 Å². The number of amides is 2. The predicted molar refractivity (Wildman–Crippen MR) is 165 cm³/mol. The van der Waals surface area contributed by atoms with Crippen LogP contribution in [-0.2, 0) is 23.0 Å². The quantitative estimate of drug-likeness (QED) is 0.243. The van der Waals surface area contributed by atoms with Gasteiger partial charge in [-0.15, -0.1) is 0 Å². The molecule has 4 aromatic rings. The summed E-state index contributed by atoms with van der Waals surface area (Å²) in [4.78, 5) is 15.3. The fraction of sp³-hybridized carbons (Fsp3) is 0.333. The Hall–Kier alpha value is -3.95. The number of hydrogen-bond donors (Lipinski definition) is 2. The third-order valence-corrected chi connectivity index (χ3v) is 9.26. The number of urea groups is 1. The number of nitrogens with zero attached hydrogens (tertiary/aromatic N) is 3. The van der Waals surface area contributed by atoms with Crippen molar-refractivity contribution in [2.24, 2.45) is 0 Å². The van der Waals surface area contributed by atoms with Crippen molar-refractivity contribution in [3.05, 3.63) is 120 Å². The maximum Gasteiger partial charge on any atom is 0.329 e. The zero-order valence-corrected chi connectivity index (χ0v) is 24.8. The molecule has 3 aromatic carbocycles. The lowest BCUT2D eigenvalue weighted by atomic mass is 9.92. The van der Waals surface area contributed by atoms with E-state index in [-0.39, 0.29) is 10.9 Å². The molecular formula is C33H39N5O3S. The number of aromatic nitrogens is 2. The standard InChI is InChI=1S/C33H39N5O3S/c1-2-38-32(25-29(35-38)24-26-12-6-3-7-13-26)28-18-21-37(22-19-28)23-20-31(27-14-8-4-9-15-27)34-33(39)36-42(40,41)30-16-10-5-11-17-30/h3-17,25,28,31H,2,18-24H2,1H3,(H2,34,36,39)/t31-/m0/s1. The summed E-state index contributed by atoms with van der Waals surface area (Å²) in [5, 5.41) is 7.80. The number of rotatable bonds is 11. The summed E-state index contributed by atoms with van der Waals surface area (Å²) in [6, 6.07) is 29.3. The number of piperidine rings is 1. The normalized spacial score (nSPS) is 15.3. The lowest BCUT2D eigenvalue weighted by Gasteiger charge is -2.33. The molecule has 220 valence electrons. The first-order valence-corrected chi connectivity index (χ1v) is 16.2. The molecule has 2 heterocycles. The van der Waals surface area contributed by atoms with E-state index >= 15 is 0 Å². The van der Waals surface area contributed by atoms with E-state index in [0.717, 1.165) is 56.7 Å². The largest absolute Gasteiger partial charge is 0.330 e. The molecule has 1 fully saturated rings. The third-order valence-electron chi connectivity index (χ3n) is 7.92. The number of hydrogen-bond acceptors (Lipinski definition) is 5. The Kier molecular flexibility index (Phi) is 9.71. The monoisotopic (exact) mass is 585 g/mol. The second-order valence-electron chi connectivity index (χ2n) is 10.8. The van der Waals surface area contributed by atoms with Crippen molar-refractivity contribution in [2.45, 2.75) is 56.0 Å². The molecule has 1 aliphatic rings. The maximum atomic E-state index is 12.8. The van der Waals surface area contributed by atoms with Crippen molar-refractivity contribution in [3.63, 3.8) is 0 Å². The van der Waals surface area contributed by atoms with Crippen LogP contribution in [-0.4, -0.2) is 48.8 Å². The van der Waals surface area contributed by atoms with Gasteiger partial charge in [0.1, 0.15) is 0 Å². The van der Waals surface area contributed by atoms with Gasteiger partial charge in [0.15, 0.2) is 0 Å². The molecule has 1 aromatic heterocycles. The number of carbonyl (C=O) groups excluding carboxylic acids is 1. The zero-order valence-electron chi connectivity index (χ0n) is 24.0. The number of aryl methyl sites for hydroxylation is 1. The highest BCUT2D eigenvalue weighted by Crippen LogP contribution is 2.30. The average Bonchev–Trinajstić information content (AvgIpc) is 3.43. The smallest absolute Gasteiger partial charge is 0.329 e. The maximum absolute atomic E-state index is 12.8. The van der Waals surface area contributed by atoms with E-state index in [2.05, 4.69) is 56.9 Å². The van der Waals surface area contributed by atoms with Crippen LogP contribution in [0.25, 0.3) is 0 Å². The summed E-state index contributed by atoms with van der Waals surface area (Å²) in [5.74, 6) is 0.468. The van der Waals surface area contributed by atoms with Gasteiger partial charge in [0.2, 0.25) is 0 Å². The summed E-state index contributed by atoms with van der Waals surface area (Å²) < 4.78 is 29.7. The molecule has 2 N–H and O–H groups in total. The van der Waals surface area contributed by atoms with E-state index in [1.54, 1.807) is 18.2 Å². The molecule has 5 rings (SSSR count). The topological polar surface area (TPSA) is 96.3 Å². The van der Waals surface area contributed by atoms with Gasteiger partial charge in [-0.05, 0) is 68.6 Å². The molecule has 0 unspecified atom stereocenters. The average molecular weight is 586 g/mol. The lowest BCUT2D eigenvalue weighted by molar-refractivity contribution is 0.197. The summed E-state index contributed by atoms with van der Waals surface area (Å²) in [5.41, 5.74) is 4.65. The highest BCUT2D eigenvalue weighted by Gasteiger charge is 2.26. The molecular weight excluding hydrogens is 546 g/mol. The molecule has 1 atom stereocenters. The molecule has 0 aliphatic carbocycles. The number of likely N-dealkylation sites (tertiary alicyclic amines) is 1. The van der Waals surface area contributed by atoms with Gasteiger partial charge in [0.05, 0.1) is 16.6 Å². The molecule has 42 heavy (non-hydrogen) atoms. The first-order chi connectivity index (χ1) is 20.4. The minimum atomic E-state index is -3.96. The van der Waals surface area contributed by atoms with Crippen LogP contribution in [0, 0.1) is 0 Å². The van der Waals surface area contributed by atoms with Crippen LogP contribution in [0.2, 0.25) is 0 Å². The van der Waals surface area contributed by atoms with E-state index in [0.29, 0.717) is 12.3 Å². The van der Waals surface area contributed by atoms with Crippen LogP contribution < -0.4 is 10.0 Å². The Balaban J connectivity index is 1.18. The van der Waals surface area contributed by atoms with Gasteiger partial charge in [-0.2, -0.15) is 5.10 Å². The van der Waals surface area contributed by atoms with Gasteiger partial charge in [-0.1, -0.05) is 78.9 Å². The van der Waals surface area contributed by atoms with Crippen LogP contribution in [0.5, 0.6) is 0 Å². The second kappa shape index (κ2) is 13.8. The number of nitrogens with one attached hydrogen (secondary N) is 2. The van der Waals surface area contributed by atoms with E-state index in [4.69, 9.17) is 5.10 Å². The SMILES string of the molecule is CCn1nc(Cc2ccccc2)cc1C1CCN(CC[C@H](NC(=O)NS(=O)(=O)c2ccccc2)c2ccccc2)CC1. The highest BCUT2D eigenvalue weighted by molar-refractivity contribution is 7.90. The summed E-state index contributed by atoms with van der Waals surface area (Å²) in [6.07, 6.45) is 3.61. The van der Waals surface area contributed by atoms with E-state index in [1.165, 1.54) is 23.4 Å². The van der Waals surface area contributed by atoms with Crippen molar-refractivity contribution in [1.82, 2.24) is 24.7 Å². The Morgan fingerprint density at radius 2 is 1.55 bits per heavy atom. The van der Waals surface area contributed by atoms with Gasteiger partial charge in [0.25, 0.3) is 10.0 Å². The van der Waals surface area contributed by atoms with E-state index in [9.17, 15) is 13.2 Å². The molecule has 9 heteroatoms. The van der Waals surface area contributed by atoms with E-state index < -0.39 is 16.1 Å². The van der Waals surface area contributed by atoms with Crippen LogP contribution >= 0.6 is 0 Å². The van der Waals surface area contributed by atoms with Crippen molar-refractivity contribution in [1.29, 1.82) is 0 Å². The molecule has 8 nitrogen and oxygen atoms in total. The van der Waals surface area contributed by atoms with Crippen LogP contribution in [0.4, 0.5) is 4.79 Å². The molecule has 1 saturated heterocycles. The predicted octanol–water partition coefficient (Wildman–Crippen LogP) is 5.49. The molecule has 0 spiro atoms. The summed E-state index contributed by atoms with van der Waals surface area (Å²) in [7, 11) is -3.96. The molecule has 2 amide bonds. The van der Waals surface area contributed by atoms with Gasteiger partial charge >= 0.3 is 6.03 Å².